The van der Waals surface area contributed by atoms with Crippen LogP contribution in [-0.4, -0.2) is 23.1 Å². The number of unbranched alkanes of at least 4 members (excludes halogenated alkanes) is 11. The minimum Gasteiger partial charge on any atom is -1.00 e. The molecule has 0 aliphatic carbocycles. The van der Waals surface area contributed by atoms with E-state index < -0.39 is 0 Å². The van der Waals surface area contributed by atoms with Gasteiger partial charge in [-0.3, -0.25) is 0 Å². The van der Waals surface area contributed by atoms with Gasteiger partial charge in [-0.2, -0.15) is 24.6 Å². The van der Waals surface area contributed by atoms with Crippen LogP contribution in [0.1, 0.15) is 96.5 Å². The molecule has 0 radical (unpaired) electrons. The molecule has 0 spiro atoms. The summed E-state index contributed by atoms with van der Waals surface area (Å²) in [4.78, 5) is 0. The van der Waals surface area contributed by atoms with Crippen molar-refractivity contribution in [2.75, 3.05) is 0 Å². The van der Waals surface area contributed by atoms with Gasteiger partial charge < -0.3 is 12.4 Å². The zero-order chi connectivity index (χ0) is 15.6. The number of hydrogen-bond donors (Lipinski definition) is 0. The second kappa shape index (κ2) is 24.4. The molecule has 23 heavy (non-hydrogen) atoms. The summed E-state index contributed by atoms with van der Waals surface area (Å²) in [6, 6.07) is 9.87. The van der Waals surface area contributed by atoms with E-state index in [9.17, 15) is 0 Å². The van der Waals surface area contributed by atoms with E-state index in [1.807, 2.05) is 30.3 Å². The van der Waals surface area contributed by atoms with Gasteiger partial charge in [0.25, 0.3) is 0 Å². The van der Waals surface area contributed by atoms with Gasteiger partial charge in [-0.05, 0) is 0 Å². The van der Waals surface area contributed by atoms with Gasteiger partial charge in [0.05, 0.1) is 0 Å². The van der Waals surface area contributed by atoms with Crippen LogP contribution < -0.4 is 12.4 Å². The van der Waals surface area contributed by atoms with Crippen molar-refractivity contribution in [3.63, 3.8) is 0 Å². The van der Waals surface area contributed by atoms with Crippen molar-refractivity contribution in [2.24, 2.45) is 0 Å². The minimum atomic E-state index is 0. The summed E-state index contributed by atoms with van der Waals surface area (Å²) in [5.74, 6) is 0. The Kier molecular flexibility index (Phi) is 29.7. The zero-order valence-corrected chi connectivity index (χ0v) is 17.8. The fourth-order valence-electron chi connectivity index (χ4n) is 2.39. The number of halogens is 1. The normalized spacial score (nSPS) is 9.13. The largest absolute Gasteiger partial charge is 2.00 e. The summed E-state index contributed by atoms with van der Waals surface area (Å²) < 4.78 is 0. The molecule has 1 aromatic rings. The molecule has 0 aliphatic heterocycles. The summed E-state index contributed by atoms with van der Waals surface area (Å²) >= 11 is 0. The molecule has 2 heteroatoms. The van der Waals surface area contributed by atoms with Crippen LogP contribution in [0.4, 0.5) is 0 Å². The van der Waals surface area contributed by atoms with Crippen LogP contribution in [0.5, 0.6) is 0 Å². The standard InChI is InChI=1S/C14H30.C7H7.ClH.Mg/c1-3-5-7-9-11-13-14-12-10-8-6-4-2;1-7-5-3-2-4-6-7;;/h3-14H2,1-2H3;2-6H,1H2;1H;/q;-1;;+2/p-1. The number of benzene rings is 1. The molecule has 0 nitrogen and oxygen atoms in total. The molecule has 0 heterocycles. The molecule has 0 atom stereocenters. The van der Waals surface area contributed by atoms with Crippen LogP contribution in [0.25, 0.3) is 0 Å². The fraction of sp³-hybridized carbons (Fsp3) is 0.667. The first-order valence-electron chi connectivity index (χ1n) is 9.18. The second-order valence-electron chi connectivity index (χ2n) is 6.02. The zero-order valence-electron chi connectivity index (χ0n) is 15.7. The molecule has 130 valence electrons. The van der Waals surface area contributed by atoms with E-state index in [1.165, 1.54) is 77.0 Å². The maximum atomic E-state index is 3.72. The van der Waals surface area contributed by atoms with Crippen molar-refractivity contribution in [3.8, 4) is 0 Å². The van der Waals surface area contributed by atoms with E-state index >= 15 is 0 Å². The van der Waals surface area contributed by atoms with Crippen molar-refractivity contribution in [1.82, 2.24) is 0 Å². The fourth-order valence-corrected chi connectivity index (χ4v) is 2.39. The van der Waals surface area contributed by atoms with Crippen LogP contribution in [0, 0.1) is 6.92 Å². The maximum Gasteiger partial charge on any atom is 2.00 e. The van der Waals surface area contributed by atoms with Gasteiger partial charge in [-0.15, -0.1) is 12.1 Å². The van der Waals surface area contributed by atoms with Gasteiger partial charge in [0, 0.05) is 0 Å². The molecule has 0 saturated carbocycles. The molecule has 1 rings (SSSR count). The molecule has 0 aliphatic rings. The Balaban J connectivity index is -0.000000376. The van der Waals surface area contributed by atoms with E-state index in [4.69, 9.17) is 0 Å². The van der Waals surface area contributed by atoms with Crippen LogP contribution >= 0.6 is 0 Å². The first-order chi connectivity index (χ1) is 10.3. The summed E-state index contributed by atoms with van der Waals surface area (Å²) in [6.45, 7) is 8.29. The molecule has 0 aromatic heterocycles. The van der Waals surface area contributed by atoms with Crippen molar-refractivity contribution in [3.05, 3.63) is 42.8 Å². The van der Waals surface area contributed by atoms with Gasteiger partial charge in [-0.25, -0.2) is 0 Å². The van der Waals surface area contributed by atoms with Crippen LogP contribution in [0.15, 0.2) is 30.3 Å². The van der Waals surface area contributed by atoms with Crippen molar-refractivity contribution < 1.29 is 12.4 Å². The SMILES string of the molecule is CCCCCCCCCCCCCC.[CH2-]c1ccccc1.[Cl-].[Mg+2]. The van der Waals surface area contributed by atoms with Gasteiger partial charge in [0.2, 0.25) is 0 Å². The van der Waals surface area contributed by atoms with E-state index in [0.29, 0.717) is 0 Å². The summed E-state index contributed by atoms with van der Waals surface area (Å²) in [6.07, 6.45) is 17.4. The van der Waals surface area contributed by atoms with E-state index in [0.717, 1.165) is 5.56 Å². The third-order valence-electron chi connectivity index (χ3n) is 3.80. The molecule has 0 unspecified atom stereocenters. The average molecular weight is 349 g/mol. The van der Waals surface area contributed by atoms with Crippen molar-refractivity contribution in [2.45, 2.75) is 90.9 Å². The molecule has 0 fully saturated rings. The average Bonchev–Trinajstić information content (AvgIpc) is 2.51. The van der Waals surface area contributed by atoms with Crippen LogP contribution in [0.2, 0.25) is 0 Å². The first-order valence-corrected chi connectivity index (χ1v) is 9.18. The van der Waals surface area contributed by atoms with Gasteiger partial charge in [-0.1, -0.05) is 97.0 Å². The van der Waals surface area contributed by atoms with Gasteiger partial charge in [0.1, 0.15) is 0 Å². The second-order valence-corrected chi connectivity index (χ2v) is 6.02. The monoisotopic (exact) mass is 348 g/mol. The molecule has 0 saturated heterocycles. The Morgan fingerprint density at radius 3 is 1.13 bits per heavy atom. The molecular weight excluding hydrogens is 312 g/mol. The number of hydrogen-bond acceptors (Lipinski definition) is 0. The maximum absolute atomic E-state index is 3.72. The smallest absolute Gasteiger partial charge is 1.00 e. The molecule has 0 N–H and O–H groups in total. The predicted molar refractivity (Wildman–Crippen MR) is 103 cm³/mol. The van der Waals surface area contributed by atoms with E-state index in [1.54, 1.807) is 0 Å². The van der Waals surface area contributed by atoms with E-state index in [2.05, 4.69) is 20.8 Å². The van der Waals surface area contributed by atoms with Crippen LogP contribution in [-0.2, 0) is 0 Å². The Bertz CT molecular complexity index is 275. The van der Waals surface area contributed by atoms with Crippen molar-refractivity contribution >= 4 is 23.1 Å². The molecular formula is C21H37ClMg. The van der Waals surface area contributed by atoms with Crippen molar-refractivity contribution in [1.29, 1.82) is 0 Å². The first kappa shape index (κ1) is 28.0. The third kappa shape index (κ3) is 24.5. The predicted octanol–water partition coefficient (Wildman–Crippen LogP) is 4.20. The summed E-state index contributed by atoms with van der Waals surface area (Å²) in [5.41, 5.74) is 1.07. The Morgan fingerprint density at radius 2 is 0.913 bits per heavy atom. The Labute approximate surface area is 168 Å². The van der Waals surface area contributed by atoms with Crippen LogP contribution in [0.3, 0.4) is 0 Å². The quantitative estimate of drug-likeness (QED) is 0.319. The molecule has 1 aromatic carbocycles. The Hall–Kier alpha value is 0.146. The number of rotatable bonds is 11. The van der Waals surface area contributed by atoms with Gasteiger partial charge in [0.15, 0.2) is 0 Å². The molecule has 0 amide bonds. The summed E-state index contributed by atoms with van der Waals surface area (Å²) in [7, 11) is 0. The van der Waals surface area contributed by atoms with E-state index in [-0.39, 0.29) is 35.5 Å². The third-order valence-corrected chi connectivity index (χ3v) is 3.80. The van der Waals surface area contributed by atoms with Gasteiger partial charge >= 0.3 is 23.1 Å². The molecule has 0 bridgehead atoms. The topological polar surface area (TPSA) is 0 Å². The Morgan fingerprint density at radius 1 is 0.609 bits per heavy atom. The minimum absolute atomic E-state index is 0. The summed E-state index contributed by atoms with van der Waals surface area (Å²) in [5, 5.41) is 0.